The number of carbonyl (C=O) groups excluding carboxylic acids is 1. The first-order valence-electron chi connectivity index (χ1n) is 10.5. The molecule has 1 atom stereocenters. The van der Waals surface area contributed by atoms with Crippen molar-refractivity contribution in [2.24, 2.45) is 5.92 Å². The number of ether oxygens (including phenoxy) is 1. The van der Waals surface area contributed by atoms with Gasteiger partial charge in [0, 0.05) is 18.3 Å². The Labute approximate surface area is 182 Å². The van der Waals surface area contributed by atoms with Gasteiger partial charge in [-0.3, -0.25) is 14.6 Å². The van der Waals surface area contributed by atoms with E-state index in [2.05, 4.69) is 4.98 Å². The van der Waals surface area contributed by atoms with Gasteiger partial charge in [-0.25, -0.2) is 0 Å². The number of rotatable bonds is 12. The molecule has 3 aromatic rings. The number of ketones is 1. The number of aliphatic carboxylic acids is 1. The van der Waals surface area contributed by atoms with E-state index >= 15 is 0 Å². The highest BCUT2D eigenvalue weighted by Crippen LogP contribution is 2.30. The summed E-state index contributed by atoms with van der Waals surface area (Å²) in [5.41, 5.74) is 3.28. The van der Waals surface area contributed by atoms with Crippen LogP contribution in [0.5, 0.6) is 0 Å². The Hall–Kier alpha value is -3.31. The van der Waals surface area contributed by atoms with Gasteiger partial charge in [0.15, 0.2) is 5.78 Å². The van der Waals surface area contributed by atoms with Crippen LogP contribution >= 0.6 is 0 Å². The zero-order chi connectivity index (χ0) is 21.9. The molecule has 0 aliphatic heterocycles. The number of Topliss-reactive ketones (excluding diaryl/α,β-unsaturated/α-hetero) is 1. The zero-order valence-electron chi connectivity index (χ0n) is 17.4. The van der Waals surface area contributed by atoms with Crippen molar-refractivity contribution in [1.82, 2.24) is 4.98 Å². The average molecular weight is 418 g/mol. The fourth-order valence-corrected chi connectivity index (χ4v) is 3.66. The molecule has 5 nitrogen and oxygen atoms in total. The van der Waals surface area contributed by atoms with Crippen molar-refractivity contribution in [3.8, 4) is 0 Å². The van der Waals surface area contributed by atoms with Crippen LogP contribution in [0.25, 0.3) is 0 Å². The van der Waals surface area contributed by atoms with E-state index in [1.165, 1.54) is 0 Å². The van der Waals surface area contributed by atoms with Gasteiger partial charge in [0.1, 0.15) is 12.5 Å². The second kappa shape index (κ2) is 11.8. The van der Waals surface area contributed by atoms with Crippen molar-refractivity contribution in [3.63, 3.8) is 0 Å². The molecular weight excluding hydrogens is 390 g/mol. The van der Waals surface area contributed by atoms with Gasteiger partial charge >= 0.3 is 5.97 Å². The predicted octanol–water partition coefficient (Wildman–Crippen LogP) is 4.52. The third kappa shape index (κ3) is 6.86. The largest absolute Gasteiger partial charge is 0.481 e. The summed E-state index contributed by atoms with van der Waals surface area (Å²) in [7, 11) is 0. The summed E-state index contributed by atoms with van der Waals surface area (Å²) < 4.78 is 5.47. The van der Waals surface area contributed by atoms with Gasteiger partial charge in [0.05, 0.1) is 6.61 Å². The van der Waals surface area contributed by atoms with Crippen LogP contribution in [0.2, 0.25) is 0 Å². The molecule has 1 aromatic heterocycles. The lowest BCUT2D eigenvalue weighted by molar-refractivity contribution is -0.148. The van der Waals surface area contributed by atoms with Gasteiger partial charge < -0.3 is 9.84 Å². The molecular formula is C26H27NO4. The highest BCUT2D eigenvalue weighted by molar-refractivity contribution is 5.98. The van der Waals surface area contributed by atoms with Crippen LogP contribution in [-0.2, 0) is 20.7 Å². The zero-order valence-corrected chi connectivity index (χ0v) is 17.4. The summed E-state index contributed by atoms with van der Waals surface area (Å²) in [5.74, 6) is -2.52. The number of carboxylic acids is 1. The topological polar surface area (TPSA) is 76.5 Å². The number of aromatic nitrogens is 1. The van der Waals surface area contributed by atoms with Crippen LogP contribution in [0.4, 0.5) is 0 Å². The molecule has 5 heteroatoms. The second-order valence-corrected chi connectivity index (χ2v) is 7.47. The molecule has 0 fully saturated rings. The molecule has 0 spiro atoms. The van der Waals surface area contributed by atoms with Crippen molar-refractivity contribution < 1.29 is 19.4 Å². The van der Waals surface area contributed by atoms with E-state index in [1.807, 2.05) is 72.8 Å². The SMILES string of the molecule is O=C(O)C(CCC(c1ccccc1)c1ccccc1)C(=O)COCCc1ccncc1. The maximum Gasteiger partial charge on any atom is 0.314 e. The number of hydrogen-bond acceptors (Lipinski definition) is 4. The second-order valence-electron chi connectivity index (χ2n) is 7.47. The lowest BCUT2D eigenvalue weighted by atomic mass is 9.84. The summed E-state index contributed by atoms with van der Waals surface area (Å²) in [6.07, 6.45) is 4.88. The van der Waals surface area contributed by atoms with E-state index in [0.29, 0.717) is 19.4 Å². The molecule has 0 radical (unpaired) electrons. The number of pyridine rings is 1. The van der Waals surface area contributed by atoms with Crippen LogP contribution in [0.15, 0.2) is 85.2 Å². The normalized spacial score (nSPS) is 11.9. The van der Waals surface area contributed by atoms with E-state index in [9.17, 15) is 14.7 Å². The molecule has 2 aromatic carbocycles. The van der Waals surface area contributed by atoms with Gasteiger partial charge in [0.2, 0.25) is 0 Å². The van der Waals surface area contributed by atoms with Crippen molar-refractivity contribution in [3.05, 3.63) is 102 Å². The van der Waals surface area contributed by atoms with Crippen LogP contribution in [0.3, 0.4) is 0 Å². The van der Waals surface area contributed by atoms with E-state index in [0.717, 1.165) is 16.7 Å². The van der Waals surface area contributed by atoms with Crippen LogP contribution < -0.4 is 0 Å². The monoisotopic (exact) mass is 417 g/mol. The minimum atomic E-state index is -1.09. The minimum Gasteiger partial charge on any atom is -0.481 e. The van der Waals surface area contributed by atoms with Gasteiger partial charge in [-0.2, -0.15) is 0 Å². The molecule has 0 aliphatic carbocycles. The fourth-order valence-electron chi connectivity index (χ4n) is 3.66. The van der Waals surface area contributed by atoms with E-state index in [1.54, 1.807) is 12.4 Å². The molecule has 1 heterocycles. The number of benzene rings is 2. The standard InChI is InChI=1S/C26H27NO4/c28-25(19-31-18-15-20-13-16-27-17-14-20)24(26(29)30)12-11-23(21-7-3-1-4-8-21)22-9-5-2-6-10-22/h1-10,13-14,16-17,23-24H,11-12,15,18-19H2,(H,29,30). The Kier molecular flexibility index (Phi) is 8.49. The highest BCUT2D eigenvalue weighted by Gasteiger charge is 2.27. The fraction of sp³-hybridized carbons (Fsp3) is 0.269. The summed E-state index contributed by atoms with van der Waals surface area (Å²) in [6, 6.07) is 23.7. The Morgan fingerprint density at radius 2 is 1.42 bits per heavy atom. The molecule has 0 saturated heterocycles. The first-order valence-corrected chi connectivity index (χ1v) is 10.5. The quantitative estimate of drug-likeness (QED) is 0.346. The first kappa shape index (κ1) is 22.4. The molecule has 160 valence electrons. The molecule has 0 bridgehead atoms. The number of carbonyl (C=O) groups is 2. The first-order chi connectivity index (χ1) is 15.1. The predicted molar refractivity (Wildman–Crippen MR) is 119 cm³/mol. The third-order valence-electron chi connectivity index (χ3n) is 5.36. The van der Waals surface area contributed by atoms with Crippen LogP contribution in [-0.4, -0.2) is 35.1 Å². The number of hydrogen-bond donors (Lipinski definition) is 1. The third-order valence-corrected chi connectivity index (χ3v) is 5.36. The summed E-state index contributed by atoms with van der Waals surface area (Å²) in [5, 5.41) is 9.65. The Morgan fingerprint density at radius 1 is 0.839 bits per heavy atom. The molecule has 0 amide bonds. The molecule has 1 unspecified atom stereocenters. The molecule has 1 N–H and O–H groups in total. The van der Waals surface area contributed by atoms with Gasteiger partial charge in [-0.1, -0.05) is 60.7 Å². The summed E-state index contributed by atoms with van der Waals surface area (Å²) in [4.78, 5) is 28.3. The molecule has 0 aliphatic rings. The maximum atomic E-state index is 12.6. The Morgan fingerprint density at radius 3 is 1.97 bits per heavy atom. The average Bonchev–Trinajstić information content (AvgIpc) is 2.81. The smallest absolute Gasteiger partial charge is 0.314 e. The summed E-state index contributed by atoms with van der Waals surface area (Å²) in [6.45, 7) is 0.169. The number of nitrogens with zero attached hydrogens (tertiary/aromatic N) is 1. The van der Waals surface area contributed by atoms with Crippen molar-refractivity contribution in [1.29, 1.82) is 0 Å². The van der Waals surface area contributed by atoms with Crippen molar-refractivity contribution in [2.45, 2.75) is 25.2 Å². The number of carboxylic acid groups (broad SMARTS) is 1. The molecule has 31 heavy (non-hydrogen) atoms. The van der Waals surface area contributed by atoms with Crippen molar-refractivity contribution in [2.75, 3.05) is 13.2 Å². The van der Waals surface area contributed by atoms with E-state index < -0.39 is 11.9 Å². The van der Waals surface area contributed by atoms with E-state index in [4.69, 9.17) is 4.74 Å². The van der Waals surface area contributed by atoms with Gasteiger partial charge in [-0.05, 0) is 48.1 Å². The van der Waals surface area contributed by atoms with Gasteiger partial charge in [0.25, 0.3) is 0 Å². The Bertz CT molecular complexity index is 905. The van der Waals surface area contributed by atoms with Crippen LogP contribution in [0, 0.1) is 5.92 Å². The van der Waals surface area contributed by atoms with Gasteiger partial charge in [-0.15, -0.1) is 0 Å². The summed E-state index contributed by atoms with van der Waals surface area (Å²) >= 11 is 0. The molecule has 3 rings (SSSR count). The van der Waals surface area contributed by atoms with Crippen LogP contribution in [0.1, 0.15) is 35.4 Å². The molecule has 0 saturated carbocycles. The Balaban J connectivity index is 1.58. The lowest BCUT2D eigenvalue weighted by Crippen LogP contribution is -2.28. The minimum absolute atomic E-state index is 0.0321. The highest BCUT2D eigenvalue weighted by atomic mass is 16.5. The van der Waals surface area contributed by atoms with Crippen molar-refractivity contribution >= 4 is 11.8 Å². The van der Waals surface area contributed by atoms with E-state index in [-0.39, 0.29) is 24.7 Å². The maximum absolute atomic E-state index is 12.6. The lowest BCUT2D eigenvalue weighted by Gasteiger charge is -2.20.